The number of hydrogen-bond acceptors (Lipinski definition) is 3. The maximum Gasteiger partial charge on any atom is 0.118 e. The van der Waals surface area contributed by atoms with Gasteiger partial charge < -0.3 is 15.2 Å². The third kappa shape index (κ3) is 4.08. The van der Waals surface area contributed by atoms with Crippen molar-refractivity contribution < 1.29 is 9.47 Å². The van der Waals surface area contributed by atoms with Crippen molar-refractivity contribution in [2.45, 2.75) is 19.6 Å². The molecule has 2 rings (SSSR count). The Bertz CT molecular complexity index is 523. The number of benzene rings is 2. The number of hydrogen-bond donors (Lipinski definition) is 1. The van der Waals surface area contributed by atoms with Crippen LogP contribution in [0.5, 0.6) is 5.75 Å². The van der Waals surface area contributed by atoms with E-state index in [2.05, 4.69) is 12.1 Å². The number of methoxy groups -OCH3 is 1. The van der Waals surface area contributed by atoms with Crippen LogP contribution in [0.3, 0.4) is 0 Å². The zero-order valence-electron chi connectivity index (χ0n) is 11.8. The maximum absolute atomic E-state index is 5.78. The number of nitrogens with two attached hydrogens (primary N) is 1. The predicted molar refractivity (Wildman–Crippen MR) is 80.7 cm³/mol. The third-order valence-electron chi connectivity index (χ3n) is 3.22. The molecule has 0 saturated carbocycles. The molecule has 0 radical (unpaired) electrons. The second-order valence-electron chi connectivity index (χ2n) is 4.65. The van der Waals surface area contributed by atoms with E-state index in [-0.39, 0.29) is 0 Å². The van der Waals surface area contributed by atoms with Gasteiger partial charge in [-0.3, -0.25) is 0 Å². The zero-order valence-corrected chi connectivity index (χ0v) is 11.8. The van der Waals surface area contributed by atoms with Gasteiger partial charge in [0.15, 0.2) is 0 Å². The van der Waals surface area contributed by atoms with Crippen molar-refractivity contribution in [2.24, 2.45) is 5.73 Å². The van der Waals surface area contributed by atoms with Gasteiger partial charge in [0.25, 0.3) is 0 Å². The van der Waals surface area contributed by atoms with Crippen LogP contribution in [-0.4, -0.2) is 13.7 Å². The van der Waals surface area contributed by atoms with Gasteiger partial charge in [0.1, 0.15) is 5.75 Å². The highest BCUT2D eigenvalue weighted by atomic mass is 16.5. The zero-order chi connectivity index (χ0) is 14.2. The molecule has 0 aliphatic rings. The van der Waals surface area contributed by atoms with Crippen LogP contribution >= 0.6 is 0 Å². The van der Waals surface area contributed by atoms with E-state index in [0.29, 0.717) is 19.8 Å². The molecule has 0 unspecified atom stereocenters. The molecule has 0 aliphatic heterocycles. The van der Waals surface area contributed by atoms with Gasteiger partial charge in [-0.05, 0) is 41.8 Å². The highest BCUT2D eigenvalue weighted by molar-refractivity contribution is 5.28. The molecule has 0 fully saturated rings. The van der Waals surface area contributed by atoms with E-state index < -0.39 is 0 Å². The average Bonchev–Trinajstić information content (AvgIpc) is 2.50. The Balaban J connectivity index is 1.89. The van der Waals surface area contributed by atoms with Crippen LogP contribution in [0.15, 0.2) is 48.5 Å². The molecule has 0 atom stereocenters. The van der Waals surface area contributed by atoms with Crippen molar-refractivity contribution in [1.82, 2.24) is 0 Å². The maximum atomic E-state index is 5.78. The molecule has 106 valence electrons. The van der Waals surface area contributed by atoms with Crippen molar-refractivity contribution >= 4 is 0 Å². The lowest BCUT2D eigenvalue weighted by Gasteiger charge is -2.10. The Labute approximate surface area is 120 Å². The van der Waals surface area contributed by atoms with E-state index in [4.69, 9.17) is 15.2 Å². The van der Waals surface area contributed by atoms with Gasteiger partial charge in [-0.25, -0.2) is 0 Å². The van der Waals surface area contributed by atoms with Crippen molar-refractivity contribution in [3.8, 4) is 5.75 Å². The second-order valence-corrected chi connectivity index (χ2v) is 4.65. The standard InChI is InChI=1S/C17H21NO2/c1-19-17-8-6-14(7-9-17)12-20-13-16-5-3-2-4-15(16)10-11-18/h2-9H,10-13,18H2,1H3. The molecule has 20 heavy (non-hydrogen) atoms. The second kappa shape index (κ2) is 7.68. The molecule has 0 amide bonds. The lowest BCUT2D eigenvalue weighted by Crippen LogP contribution is -2.06. The molecule has 0 heterocycles. The summed E-state index contributed by atoms with van der Waals surface area (Å²) in [6.07, 6.45) is 0.891. The van der Waals surface area contributed by atoms with Crippen LogP contribution in [0.4, 0.5) is 0 Å². The first kappa shape index (κ1) is 14.6. The third-order valence-corrected chi connectivity index (χ3v) is 3.22. The molecule has 0 aliphatic carbocycles. The van der Waals surface area contributed by atoms with Crippen LogP contribution in [-0.2, 0) is 24.4 Å². The van der Waals surface area contributed by atoms with Crippen molar-refractivity contribution in [2.75, 3.05) is 13.7 Å². The van der Waals surface area contributed by atoms with Gasteiger partial charge in [-0.1, -0.05) is 36.4 Å². The molecule has 2 aromatic carbocycles. The number of rotatable bonds is 7. The van der Waals surface area contributed by atoms with Gasteiger partial charge in [-0.2, -0.15) is 0 Å². The Morgan fingerprint density at radius 2 is 1.60 bits per heavy atom. The van der Waals surface area contributed by atoms with E-state index in [1.165, 1.54) is 11.1 Å². The summed E-state index contributed by atoms with van der Waals surface area (Å²) >= 11 is 0. The van der Waals surface area contributed by atoms with Gasteiger partial charge in [-0.15, -0.1) is 0 Å². The Morgan fingerprint density at radius 3 is 2.25 bits per heavy atom. The fourth-order valence-electron chi connectivity index (χ4n) is 2.10. The Kier molecular flexibility index (Phi) is 5.59. The van der Waals surface area contributed by atoms with E-state index in [9.17, 15) is 0 Å². The summed E-state index contributed by atoms with van der Waals surface area (Å²) < 4.78 is 10.9. The topological polar surface area (TPSA) is 44.5 Å². The molecule has 2 N–H and O–H groups in total. The largest absolute Gasteiger partial charge is 0.497 e. The van der Waals surface area contributed by atoms with Crippen LogP contribution in [0.25, 0.3) is 0 Å². The lowest BCUT2D eigenvalue weighted by molar-refractivity contribution is 0.106. The highest BCUT2D eigenvalue weighted by Gasteiger charge is 2.01. The predicted octanol–water partition coefficient (Wildman–Crippen LogP) is 2.91. The minimum absolute atomic E-state index is 0.598. The fraction of sp³-hybridized carbons (Fsp3) is 0.294. The van der Waals surface area contributed by atoms with E-state index in [0.717, 1.165) is 17.7 Å². The molecule has 3 nitrogen and oxygen atoms in total. The van der Waals surface area contributed by atoms with Crippen LogP contribution in [0.2, 0.25) is 0 Å². The smallest absolute Gasteiger partial charge is 0.118 e. The van der Waals surface area contributed by atoms with Crippen LogP contribution in [0.1, 0.15) is 16.7 Å². The van der Waals surface area contributed by atoms with Gasteiger partial charge in [0, 0.05) is 0 Å². The van der Waals surface area contributed by atoms with Crippen LogP contribution in [0, 0.1) is 0 Å². The molecule has 0 bridgehead atoms. The van der Waals surface area contributed by atoms with E-state index in [1.807, 2.05) is 36.4 Å². The molecular weight excluding hydrogens is 250 g/mol. The summed E-state index contributed by atoms with van der Waals surface area (Å²) in [5.74, 6) is 0.863. The molecule has 2 aromatic rings. The van der Waals surface area contributed by atoms with Crippen molar-refractivity contribution in [3.05, 3.63) is 65.2 Å². The monoisotopic (exact) mass is 271 g/mol. The fourth-order valence-corrected chi connectivity index (χ4v) is 2.10. The Hall–Kier alpha value is -1.84. The summed E-state index contributed by atoms with van der Waals surface area (Å²) in [7, 11) is 1.67. The summed E-state index contributed by atoms with van der Waals surface area (Å²) in [6, 6.07) is 16.2. The van der Waals surface area contributed by atoms with Gasteiger partial charge in [0.2, 0.25) is 0 Å². The van der Waals surface area contributed by atoms with E-state index in [1.54, 1.807) is 7.11 Å². The molecule has 3 heteroatoms. The highest BCUT2D eigenvalue weighted by Crippen LogP contribution is 2.14. The molecule has 0 spiro atoms. The summed E-state index contributed by atoms with van der Waals surface area (Å²) in [5, 5.41) is 0. The molecule has 0 aromatic heterocycles. The normalized spacial score (nSPS) is 10.5. The lowest BCUT2D eigenvalue weighted by atomic mass is 10.1. The molecule has 0 saturated heterocycles. The Morgan fingerprint density at radius 1 is 0.900 bits per heavy atom. The quantitative estimate of drug-likeness (QED) is 0.842. The summed E-state index contributed by atoms with van der Waals surface area (Å²) in [5.41, 5.74) is 9.25. The van der Waals surface area contributed by atoms with E-state index >= 15 is 0 Å². The molecular formula is C17H21NO2. The summed E-state index contributed by atoms with van der Waals surface area (Å²) in [6.45, 7) is 1.87. The average molecular weight is 271 g/mol. The number of ether oxygens (including phenoxy) is 2. The van der Waals surface area contributed by atoms with Crippen molar-refractivity contribution in [1.29, 1.82) is 0 Å². The minimum atomic E-state index is 0.598. The van der Waals surface area contributed by atoms with Crippen molar-refractivity contribution in [3.63, 3.8) is 0 Å². The van der Waals surface area contributed by atoms with Crippen LogP contribution < -0.4 is 10.5 Å². The summed E-state index contributed by atoms with van der Waals surface area (Å²) in [4.78, 5) is 0. The SMILES string of the molecule is COc1ccc(COCc2ccccc2CCN)cc1. The van der Waals surface area contributed by atoms with Gasteiger partial charge >= 0.3 is 0 Å². The first-order valence-corrected chi connectivity index (χ1v) is 6.81. The minimum Gasteiger partial charge on any atom is -0.497 e. The first-order chi connectivity index (χ1) is 9.83. The van der Waals surface area contributed by atoms with Gasteiger partial charge in [0.05, 0.1) is 20.3 Å². The first-order valence-electron chi connectivity index (χ1n) is 6.81.